The number of rotatable bonds is 4. The number of furan rings is 1. The first-order valence-electron chi connectivity index (χ1n) is 7.39. The number of aromatic nitrogens is 2. The van der Waals surface area contributed by atoms with E-state index >= 15 is 0 Å². The fourth-order valence-electron chi connectivity index (χ4n) is 2.53. The Kier molecular flexibility index (Phi) is 4.23. The molecule has 2 heterocycles. The maximum Gasteiger partial charge on any atom is 0.431 e. The monoisotopic (exact) mass is 366 g/mol. The lowest BCUT2D eigenvalue weighted by Gasteiger charge is -2.13. The Bertz CT molecular complexity index is 1110. The van der Waals surface area contributed by atoms with Gasteiger partial charge in [0.2, 0.25) is 0 Å². The molecule has 0 aliphatic carbocycles. The molecule has 0 bridgehead atoms. The number of benzene rings is 1. The lowest BCUT2D eigenvalue weighted by Crippen LogP contribution is -2.40. The molecule has 0 amide bonds. The van der Waals surface area contributed by atoms with Gasteiger partial charge in [-0.3, -0.25) is 9.36 Å². The van der Waals surface area contributed by atoms with Gasteiger partial charge >= 0.3 is 11.9 Å². The highest BCUT2D eigenvalue weighted by atomic mass is 19.4. The SMILES string of the molecule is C=CCOc1ccc2occ(-n3c(=O)cc(C(F)(F)F)n(C)c3=O)c2c1. The van der Waals surface area contributed by atoms with E-state index in [4.69, 9.17) is 9.15 Å². The van der Waals surface area contributed by atoms with Crippen molar-refractivity contribution in [3.05, 3.63) is 69.7 Å². The molecular weight excluding hydrogens is 353 g/mol. The van der Waals surface area contributed by atoms with Crippen molar-refractivity contribution in [1.29, 1.82) is 0 Å². The Morgan fingerprint density at radius 3 is 2.65 bits per heavy atom. The van der Waals surface area contributed by atoms with Crippen LogP contribution in [0.1, 0.15) is 5.69 Å². The predicted molar refractivity (Wildman–Crippen MR) is 87.7 cm³/mol. The lowest BCUT2D eigenvalue weighted by atomic mass is 10.2. The van der Waals surface area contributed by atoms with Gasteiger partial charge in [0.25, 0.3) is 5.56 Å². The first-order valence-corrected chi connectivity index (χ1v) is 7.39. The summed E-state index contributed by atoms with van der Waals surface area (Å²) >= 11 is 0. The molecule has 6 nitrogen and oxygen atoms in total. The highest BCUT2D eigenvalue weighted by molar-refractivity contribution is 5.87. The summed E-state index contributed by atoms with van der Waals surface area (Å²) < 4.78 is 50.6. The van der Waals surface area contributed by atoms with Gasteiger partial charge in [0, 0.05) is 18.5 Å². The highest BCUT2D eigenvalue weighted by Gasteiger charge is 2.35. The van der Waals surface area contributed by atoms with Gasteiger partial charge < -0.3 is 9.15 Å². The lowest BCUT2D eigenvalue weighted by molar-refractivity contribution is -0.144. The number of halogens is 3. The third-order valence-corrected chi connectivity index (χ3v) is 3.74. The van der Waals surface area contributed by atoms with Crippen molar-refractivity contribution in [1.82, 2.24) is 9.13 Å². The van der Waals surface area contributed by atoms with Crippen LogP contribution in [0.5, 0.6) is 5.75 Å². The van der Waals surface area contributed by atoms with Crippen LogP contribution in [0.15, 0.2) is 57.2 Å². The summed E-state index contributed by atoms with van der Waals surface area (Å²) in [5.41, 5.74) is -3.19. The van der Waals surface area contributed by atoms with Crippen molar-refractivity contribution in [3.8, 4) is 11.4 Å². The molecule has 0 spiro atoms. The Morgan fingerprint density at radius 2 is 2.00 bits per heavy atom. The van der Waals surface area contributed by atoms with E-state index in [0.29, 0.717) is 31.9 Å². The molecule has 0 N–H and O–H groups in total. The quantitative estimate of drug-likeness (QED) is 0.666. The molecule has 1 aromatic carbocycles. The van der Waals surface area contributed by atoms with Gasteiger partial charge in [0.1, 0.15) is 35.6 Å². The van der Waals surface area contributed by atoms with Crippen LogP contribution in [0.25, 0.3) is 16.7 Å². The second-order valence-electron chi connectivity index (χ2n) is 5.42. The van der Waals surface area contributed by atoms with E-state index in [2.05, 4.69) is 6.58 Å². The van der Waals surface area contributed by atoms with Gasteiger partial charge in [-0.15, -0.1) is 0 Å². The number of alkyl halides is 3. The largest absolute Gasteiger partial charge is 0.490 e. The zero-order chi connectivity index (χ0) is 19.1. The van der Waals surface area contributed by atoms with Gasteiger partial charge in [-0.2, -0.15) is 13.2 Å². The maximum absolute atomic E-state index is 13.0. The molecule has 3 aromatic rings. The topological polar surface area (TPSA) is 66.4 Å². The van der Waals surface area contributed by atoms with Crippen molar-refractivity contribution in [3.63, 3.8) is 0 Å². The molecule has 0 saturated heterocycles. The molecule has 0 atom stereocenters. The van der Waals surface area contributed by atoms with Crippen LogP contribution in [0.2, 0.25) is 0 Å². The van der Waals surface area contributed by atoms with Gasteiger partial charge in [-0.1, -0.05) is 12.7 Å². The van der Waals surface area contributed by atoms with E-state index in [1.807, 2.05) is 0 Å². The molecule has 0 aliphatic heterocycles. The van der Waals surface area contributed by atoms with E-state index in [1.54, 1.807) is 12.1 Å². The summed E-state index contributed by atoms with van der Waals surface area (Å²) in [6, 6.07) is 5.09. The van der Waals surface area contributed by atoms with E-state index in [9.17, 15) is 22.8 Å². The summed E-state index contributed by atoms with van der Waals surface area (Å²) in [6.07, 6.45) is -2.15. The fourth-order valence-corrected chi connectivity index (χ4v) is 2.53. The minimum Gasteiger partial charge on any atom is -0.490 e. The number of fused-ring (bicyclic) bond motifs is 1. The minimum absolute atomic E-state index is 0.0309. The van der Waals surface area contributed by atoms with Crippen molar-refractivity contribution in [2.75, 3.05) is 6.61 Å². The number of ether oxygens (including phenoxy) is 1. The van der Waals surface area contributed by atoms with Crippen molar-refractivity contribution < 1.29 is 22.3 Å². The summed E-state index contributed by atoms with van der Waals surface area (Å²) in [5.74, 6) is 0.428. The van der Waals surface area contributed by atoms with Crippen molar-refractivity contribution in [2.45, 2.75) is 6.18 Å². The normalized spacial score (nSPS) is 11.7. The Morgan fingerprint density at radius 1 is 1.27 bits per heavy atom. The molecule has 0 saturated carbocycles. The third kappa shape index (κ3) is 2.92. The first-order chi connectivity index (χ1) is 12.2. The average Bonchev–Trinajstić information content (AvgIpc) is 2.98. The first kappa shape index (κ1) is 17.6. The molecule has 9 heteroatoms. The molecule has 136 valence electrons. The molecule has 0 aliphatic rings. The van der Waals surface area contributed by atoms with Crippen LogP contribution in [0, 0.1) is 0 Å². The second kappa shape index (κ2) is 6.25. The van der Waals surface area contributed by atoms with E-state index in [0.717, 1.165) is 13.3 Å². The smallest absolute Gasteiger partial charge is 0.431 e. The standard InChI is InChI=1S/C17H13F3N2O4/c1-3-6-25-10-4-5-13-11(7-10)12(9-26-13)22-15(23)8-14(17(18,19)20)21(2)16(22)24/h3-5,7-9H,1,6H2,2H3. The number of nitrogens with zero attached hydrogens (tertiary/aromatic N) is 2. The minimum atomic E-state index is -4.82. The summed E-state index contributed by atoms with van der Waals surface area (Å²) in [7, 11) is 0.946. The van der Waals surface area contributed by atoms with Crippen LogP contribution in [-0.2, 0) is 13.2 Å². The van der Waals surface area contributed by atoms with Crippen molar-refractivity contribution >= 4 is 11.0 Å². The van der Waals surface area contributed by atoms with Crippen molar-refractivity contribution in [2.24, 2.45) is 7.05 Å². The fraction of sp³-hybridized carbons (Fsp3) is 0.176. The Balaban J connectivity index is 2.24. The molecule has 0 radical (unpaired) electrons. The number of hydrogen-bond donors (Lipinski definition) is 0. The van der Waals surface area contributed by atoms with Crippen LogP contribution in [0.4, 0.5) is 13.2 Å². The molecule has 0 fully saturated rings. The molecule has 3 rings (SSSR count). The maximum atomic E-state index is 13.0. The molecular formula is C17H13F3N2O4. The van der Waals surface area contributed by atoms with Gasteiger partial charge in [0.05, 0.1) is 0 Å². The van der Waals surface area contributed by atoms with Gasteiger partial charge in [-0.25, -0.2) is 9.36 Å². The predicted octanol–water partition coefficient (Wildman–Crippen LogP) is 2.87. The average molecular weight is 366 g/mol. The Labute approximate surface area is 144 Å². The van der Waals surface area contributed by atoms with Crippen LogP contribution >= 0.6 is 0 Å². The summed E-state index contributed by atoms with van der Waals surface area (Å²) in [5, 5.41) is 0.352. The van der Waals surface area contributed by atoms with E-state index in [1.165, 1.54) is 12.1 Å². The highest BCUT2D eigenvalue weighted by Crippen LogP contribution is 2.29. The third-order valence-electron chi connectivity index (χ3n) is 3.74. The van der Waals surface area contributed by atoms with Crippen LogP contribution < -0.4 is 16.0 Å². The van der Waals surface area contributed by atoms with E-state index in [-0.39, 0.29) is 12.3 Å². The zero-order valence-corrected chi connectivity index (χ0v) is 13.5. The number of hydrogen-bond acceptors (Lipinski definition) is 4. The van der Waals surface area contributed by atoms with Gasteiger partial charge in [-0.05, 0) is 18.2 Å². The Hall–Kier alpha value is -3.23. The van der Waals surface area contributed by atoms with Crippen LogP contribution in [0.3, 0.4) is 0 Å². The summed E-state index contributed by atoms with van der Waals surface area (Å²) in [4.78, 5) is 24.6. The molecule has 0 unspecified atom stereocenters. The zero-order valence-electron chi connectivity index (χ0n) is 13.5. The molecule has 2 aromatic heterocycles. The van der Waals surface area contributed by atoms with Gasteiger partial charge in [0.15, 0.2) is 0 Å². The second-order valence-corrected chi connectivity index (χ2v) is 5.42. The summed E-state index contributed by atoms with van der Waals surface area (Å²) in [6.45, 7) is 3.77. The van der Waals surface area contributed by atoms with E-state index < -0.39 is 23.1 Å². The molecule has 26 heavy (non-hydrogen) atoms. The van der Waals surface area contributed by atoms with Crippen LogP contribution in [-0.4, -0.2) is 15.7 Å².